The molecule has 0 fully saturated rings. The molecule has 0 saturated heterocycles. The zero-order valence-electron chi connectivity index (χ0n) is 16.1. The lowest BCUT2D eigenvalue weighted by molar-refractivity contribution is -0.389. The normalized spacial score (nSPS) is 10.8. The summed E-state index contributed by atoms with van der Waals surface area (Å²) in [7, 11) is 0. The zero-order valence-corrected chi connectivity index (χ0v) is 16.8. The summed E-state index contributed by atoms with van der Waals surface area (Å²) >= 11 is 5.89. The predicted molar refractivity (Wildman–Crippen MR) is 105 cm³/mol. The van der Waals surface area contributed by atoms with Gasteiger partial charge in [-0.3, -0.25) is 14.3 Å². The molecular formula is C17H18ClN7O5. The predicted octanol–water partition coefficient (Wildman–Crippen LogP) is 2.13. The molecule has 0 atom stereocenters. The summed E-state index contributed by atoms with van der Waals surface area (Å²) in [5.41, 5.74) is 0.501. The van der Waals surface area contributed by atoms with Gasteiger partial charge in [-0.2, -0.15) is 9.78 Å². The van der Waals surface area contributed by atoms with Crippen LogP contribution in [0.25, 0.3) is 0 Å². The minimum Gasteiger partial charge on any atom is -0.467 e. The van der Waals surface area contributed by atoms with Crippen molar-refractivity contribution in [1.29, 1.82) is 0 Å². The lowest BCUT2D eigenvalue weighted by Crippen LogP contribution is -2.26. The van der Waals surface area contributed by atoms with E-state index in [1.54, 1.807) is 12.1 Å². The van der Waals surface area contributed by atoms with Gasteiger partial charge in [0.2, 0.25) is 5.91 Å². The van der Waals surface area contributed by atoms with E-state index in [9.17, 15) is 19.7 Å². The Balaban J connectivity index is 1.73. The van der Waals surface area contributed by atoms with Gasteiger partial charge in [-0.25, -0.2) is 0 Å². The SMILES string of the molecule is CCn1cc(NC(=O)Cn2nc([N+](=O)[O-])c(Cl)c2C)c(C(=O)NCc2ccco2)n1. The summed E-state index contributed by atoms with van der Waals surface area (Å²) in [6.07, 6.45) is 3.01. The monoisotopic (exact) mass is 435 g/mol. The number of halogens is 1. The van der Waals surface area contributed by atoms with Crippen molar-refractivity contribution in [2.45, 2.75) is 33.5 Å². The zero-order chi connectivity index (χ0) is 21.8. The Labute approximate surface area is 174 Å². The Bertz CT molecular complexity index is 1090. The first-order chi connectivity index (χ1) is 14.3. The molecule has 30 heavy (non-hydrogen) atoms. The first-order valence-corrected chi connectivity index (χ1v) is 9.23. The Kier molecular flexibility index (Phi) is 6.16. The second kappa shape index (κ2) is 8.78. The van der Waals surface area contributed by atoms with E-state index in [0.29, 0.717) is 12.3 Å². The van der Waals surface area contributed by atoms with Gasteiger partial charge in [0.1, 0.15) is 12.3 Å². The molecule has 3 aromatic rings. The Hall–Kier alpha value is -3.67. The average Bonchev–Trinajstić information content (AvgIpc) is 3.42. The van der Waals surface area contributed by atoms with Crippen LogP contribution in [0, 0.1) is 17.0 Å². The molecule has 3 aromatic heterocycles. The second-order valence-electron chi connectivity index (χ2n) is 6.20. The van der Waals surface area contributed by atoms with Crippen molar-refractivity contribution in [3.8, 4) is 0 Å². The van der Waals surface area contributed by atoms with Crippen molar-refractivity contribution in [1.82, 2.24) is 24.9 Å². The summed E-state index contributed by atoms with van der Waals surface area (Å²) in [4.78, 5) is 35.2. The lowest BCUT2D eigenvalue weighted by Gasteiger charge is -2.05. The minimum atomic E-state index is -0.726. The molecule has 0 bridgehead atoms. The van der Waals surface area contributed by atoms with Crippen molar-refractivity contribution < 1.29 is 18.9 Å². The molecule has 0 aromatic carbocycles. The fourth-order valence-electron chi connectivity index (χ4n) is 2.61. The van der Waals surface area contributed by atoms with Crippen molar-refractivity contribution in [3.05, 3.63) is 56.9 Å². The molecule has 0 spiro atoms. The molecule has 0 unspecified atom stereocenters. The van der Waals surface area contributed by atoms with E-state index in [1.807, 2.05) is 6.92 Å². The standard InChI is InChI=1S/C17H18ClN7O5/c1-3-23-8-12(15(21-23)17(27)19-7-11-5-4-6-30-11)20-13(26)9-24-10(2)14(18)16(22-24)25(28)29/h4-6,8H,3,7,9H2,1-2H3,(H,19,27)(H,20,26). The van der Waals surface area contributed by atoms with Crippen LogP contribution in [0.3, 0.4) is 0 Å². The Morgan fingerprint density at radius 1 is 1.37 bits per heavy atom. The molecule has 3 rings (SSSR count). The van der Waals surface area contributed by atoms with Gasteiger partial charge in [-0.15, -0.1) is 0 Å². The highest BCUT2D eigenvalue weighted by Crippen LogP contribution is 2.26. The number of furan rings is 1. The highest BCUT2D eigenvalue weighted by atomic mass is 35.5. The third-order valence-corrected chi connectivity index (χ3v) is 4.60. The Morgan fingerprint density at radius 3 is 2.73 bits per heavy atom. The molecule has 3 heterocycles. The molecule has 0 aliphatic carbocycles. The number of amides is 2. The number of rotatable bonds is 8. The van der Waals surface area contributed by atoms with Gasteiger partial charge < -0.3 is 25.2 Å². The molecule has 2 N–H and O–H groups in total. The van der Waals surface area contributed by atoms with E-state index >= 15 is 0 Å². The second-order valence-corrected chi connectivity index (χ2v) is 6.57. The highest BCUT2D eigenvalue weighted by molar-refractivity contribution is 6.33. The van der Waals surface area contributed by atoms with Crippen LogP contribution in [0.2, 0.25) is 5.02 Å². The molecule has 13 heteroatoms. The third kappa shape index (κ3) is 4.49. The fraction of sp³-hybridized carbons (Fsp3) is 0.294. The van der Waals surface area contributed by atoms with Crippen LogP contribution in [0.4, 0.5) is 11.5 Å². The van der Waals surface area contributed by atoms with Gasteiger partial charge in [0.25, 0.3) is 5.91 Å². The number of hydrogen-bond acceptors (Lipinski definition) is 7. The number of hydrogen-bond donors (Lipinski definition) is 2. The number of carbonyl (C=O) groups is 2. The molecule has 0 radical (unpaired) electrons. The van der Waals surface area contributed by atoms with Crippen LogP contribution in [-0.4, -0.2) is 36.3 Å². The molecular weight excluding hydrogens is 418 g/mol. The number of aryl methyl sites for hydroxylation is 1. The largest absolute Gasteiger partial charge is 0.467 e. The number of nitrogens with one attached hydrogen (secondary N) is 2. The van der Waals surface area contributed by atoms with Gasteiger partial charge in [-0.05, 0) is 30.9 Å². The van der Waals surface area contributed by atoms with E-state index in [0.717, 1.165) is 4.68 Å². The summed E-state index contributed by atoms with van der Waals surface area (Å²) in [5.74, 6) is -1.01. The smallest absolute Gasteiger partial charge is 0.408 e. The van der Waals surface area contributed by atoms with Gasteiger partial charge in [0.15, 0.2) is 10.7 Å². The first-order valence-electron chi connectivity index (χ1n) is 8.85. The number of anilines is 1. The van der Waals surface area contributed by atoms with Gasteiger partial charge in [0.05, 0.1) is 29.3 Å². The summed E-state index contributed by atoms with van der Waals surface area (Å²) in [6, 6.07) is 3.41. The van der Waals surface area contributed by atoms with Gasteiger partial charge in [0, 0.05) is 12.7 Å². The minimum absolute atomic E-state index is 0.0259. The van der Waals surface area contributed by atoms with Gasteiger partial charge in [-0.1, -0.05) is 11.6 Å². The maximum Gasteiger partial charge on any atom is 0.408 e. The van der Waals surface area contributed by atoms with Crippen molar-refractivity contribution >= 4 is 34.9 Å². The summed E-state index contributed by atoms with van der Waals surface area (Å²) in [6.45, 7) is 3.65. The quantitative estimate of drug-likeness (QED) is 0.406. The number of aromatic nitrogens is 4. The third-order valence-electron chi connectivity index (χ3n) is 4.16. The van der Waals surface area contributed by atoms with Crippen LogP contribution in [0.15, 0.2) is 29.0 Å². The van der Waals surface area contributed by atoms with Crippen molar-refractivity contribution in [3.63, 3.8) is 0 Å². The summed E-state index contributed by atoms with van der Waals surface area (Å²) in [5, 5.41) is 24.0. The van der Waals surface area contributed by atoms with Crippen molar-refractivity contribution in [2.24, 2.45) is 0 Å². The van der Waals surface area contributed by atoms with Crippen LogP contribution in [0.5, 0.6) is 0 Å². The molecule has 158 valence electrons. The molecule has 12 nitrogen and oxygen atoms in total. The fourth-order valence-corrected chi connectivity index (χ4v) is 2.82. The number of nitrogens with zero attached hydrogens (tertiary/aromatic N) is 5. The average molecular weight is 436 g/mol. The van der Waals surface area contributed by atoms with Crippen LogP contribution in [-0.2, 0) is 24.4 Å². The first kappa shape index (κ1) is 21.0. The topological polar surface area (TPSA) is 150 Å². The molecule has 0 saturated carbocycles. The molecule has 2 amide bonds. The van der Waals surface area contributed by atoms with Crippen LogP contribution in [0.1, 0.15) is 28.9 Å². The van der Waals surface area contributed by atoms with Crippen LogP contribution < -0.4 is 10.6 Å². The molecule has 0 aliphatic heterocycles. The number of carbonyl (C=O) groups excluding carboxylic acids is 2. The van der Waals surface area contributed by atoms with Gasteiger partial charge >= 0.3 is 5.82 Å². The Morgan fingerprint density at radius 2 is 2.13 bits per heavy atom. The van der Waals surface area contributed by atoms with E-state index in [1.165, 1.54) is 24.1 Å². The van der Waals surface area contributed by atoms with E-state index in [4.69, 9.17) is 16.0 Å². The molecule has 0 aliphatic rings. The van der Waals surface area contributed by atoms with Crippen molar-refractivity contribution in [2.75, 3.05) is 5.32 Å². The summed E-state index contributed by atoms with van der Waals surface area (Å²) < 4.78 is 7.79. The van der Waals surface area contributed by atoms with E-state index in [2.05, 4.69) is 20.8 Å². The lowest BCUT2D eigenvalue weighted by atomic mass is 10.3. The number of nitro groups is 1. The highest BCUT2D eigenvalue weighted by Gasteiger charge is 2.26. The van der Waals surface area contributed by atoms with Crippen LogP contribution >= 0.6 is 11.6 Å². The maximum absolute atomic E-state index is 12.5. The van der Waals surface area contributed by atoms with E-state index < -0.39 is 22.6 Å². The maximum atomic E-state index is 12.5. The van der Waals surface area contributed by atoms with E-state index in [-0.39, 0.29) is 35.2 Å².